The average Bonchev–Trinajstić information content (AvgIpc) is 2.52. The van der Waals surface area contributed by atoms with Crippen LogP contribution in [0.15, 0.2) is 6.20 Å². The van der Waals surface area contributed by atoms with Gasteiger partial charge in [-0.3, -0.25) is 0 Å². The van der Waals surface area contributed by atoms with E-state index in [-0.39, 0.29) is 10.4 Å². The van der Waals surface area contributed by atoms with Crippen molar-refractivity contribution in [1.29, 1.82) is 0 Å². The minimum Gasteiger partial charge on any atom is -0.344 e. The predicted molar refractivity (Wildman–Crippen MR) is 51.3 cm³/mol. The van der Waals surface area contributed by atoms with Crippen LogP contribution < -0.4 is 0 Å². The molecule has 0 saturated carbocycles. The zero-order valence-corrected chi connectivity index (χ0v) is 8.97. The summed E-state index contributed by atoms with van der Waals surface area (Å²) in [6, 6.07) is 0. The van der Waals surface area contributed by atoms with Crippen molar-refractivity contribution in [1.82, 2.24) is 9.97 Å². The van der Waals surface area contributed by atoms with Gasteiger partial charge >= 0.3 is 0 Å². The van der Waals surface area contributed by atoms with Crippen molar-refractivity contribution in [2.45, 2.75) is 12.7 Å². The molecule has 6 heteroatoms. The van der Waals surface area contributed by atoms with Gasteiger partial charge in [0, 0.05) is 6.20 Å². The van der Waals surface area contributed by atoms with E-state index < -0.39 is 5.79 Å². The van der Waals surface area contributed by atoms with Gasteiger partial charge in [0.1, 0.15) is 5.15 Å². The lowest BCUT2D eigenvalue weighted by atomic mass is 10.2. The van der Waals surface area contributed by atoms with Crippen molar-refractivity contribution >= 4 is 23.2 Å². The fourth-order valence-electron chi connectivity index (χ4n) is 1.32. The minimum atomic E-state index is -0.846. The summed E-state index contributed by atoms with van der Waals surface area (Å²) >= 11 is 11.5. The molecule has 0 spiro atoms. The highest BCUT2D eigenvalue weighted by atomic mass is 35.5. The highest BCUT2D eigenvalue weighted by Crippen LogP contribution is 2.34. The van der Waals surface area contributed by atoms with Gasteiger partial charge in [-0.1, -0.05) is 11.6 Å². The Labute approximate surface area is 91.2 Å². The second kappa shape index (κ2) is 3.62. The van der Waals surface area contributed by atoms with Crippen LogP contribution in [0.1, 0.15) is 12.5 Å². The molecule has 2 rings (SSSR count). The number of rotatable bonds is 1. The molecular formula is C8H8Cl2N2O2. The Balaban J connectivity index is 2.40. The molecule has 0 radical (unpaired) electrons. The number of halogens is 2. The van der Waals surface area contributed by atoms with E-state index >= 15 is 0 Å². The van der Waals surface area contributed by atoms with Crippen LogP contribution in [0.2, 0.25) is 10.4 Å². The Morgan fingerprint density at radius 3 is 2.57 bits per heavy atom. The molecule has 1 aromatic rings. The van der Waals surface area contributed by atoms with Gasteiger partial charge in [0.15, 0.2) is 5.79 Å². The van der Waals surface area contributed by atoms with Crippen molar-refractivity contribution in [2.24, 2.45) is 0 Å². The number of hydrogen-bond acceptors (Lipinski definition) is 4. The van der Waals surface area contributed by atoms with Crippen LogP contribution >= 0.6 is 23.2 Å². The molecule has 1 saturated heterocycles. The van der Waals surface area contributed by atoms with E-state index in [9.17, 15) is 0 Å². The Hall–Kier alpha value is -0.420. The first-order valence-corrected chi connectivity index (χ1v) is 4.84. The van der Waals surface area contributed by atoms with E-state index in [4.69, 9.17) is 32.7 Å². The smallest absolute Gasteiger partial charge is 0.223 e. The molecule has 0 unspecified atom stereocenters. The summed E-state index contributed by atoms with van der Waals surface area (Å²) in [7, 11) is 0. The summed E-state index contributed by atoms with van der Waals surface area (Å²) in [6.07, 6.45) is 1.52. The molecular weight excluding hydrogens is 227 g/mol. The maximum absolute atomic E-state index is 5.90. The fourth-order valence-corrected chi connectivity index (χ4v) is 1.79. The molecule has 4 nitrogen and oxygen atoms in total. The summed E-state index contributed by atoms with van der Waals surface area (Å²) < 4.78 is 10.8. The first-order chi connectivity index (χ1) is 6.62. The molecule has 0 bridgehead atoms. The zero-order chi connectivity index (χ0) is 10.2. The third-order valence-corrected chi connectivity index (χ3v) is 2.51. The maximum Gasteiger partial charge on any atom is 0.223 e. The summed E-state index contributed by atoms with van der Waals surface area (Å²) in [5, 5.41) is 0.370. The lowest BCUT2D eigenvalue weighted by Gasteiger charge is -2.22. The summed E-state index contributed by atoms with van der Waals surface area (Å²) in [5.41, 5.74) is 0.598. The van der Waals surface area contributed by atoms with E-state index in [2.05, 4.69) is 9.97 Å². The summed E-state index contributed by atoms with van der Waals surface area (Å²) in [6.45, 7) is 2.85. The standard InChI is InChI=1S/C8H8Cl2N2O2/c1-8(13-2-3-14-8)5-4-11-7(10)12-6(5)9/h4H,2-3H2,1H3. The van der Waals surface area contributed by atoms with Crippen LogP contribution in [0.3, 0.4) is 0 Å². The molecule has 1 aliphatic rings. The van der Waals surface area contributed by atoms with E-state index in [0.29, 0.717) is 18.8 Å². The second-order valence-corrected chi connectivity index (χ2v) is 3.68. The fraction of sp³-hybridized carbons (Fsp3) is 0.500. The number of aromatic nitrogens is 2. The van der Waals surface area contributed by atoms with Crippen LogP contribution in [0.25, 0.3) is 0 Å². The zero-order valence-electron chi connectivity index (χ0n) is 7.46. The van der Waals surface area contributed by atoms with Gasteiger partial charge in [0.05, 0.1) is 18.8 Å². The van der Waals surface area contributed by atoms with Crippen molar-refractivity contribution in [3.63, 3.8) is 0 Å². The van der Waals surface area contributed by atoms with Crippen LogP contribution in [0, 0.1) is 0 Å². The molecule has 0 N–H and O–H groups in total. The summed E-state index contributed by atoms with van der Waals surface area (Å²) in [4.78, 5) is 7.66. The average molecular weight is 235 g/mol. The second-order valence-electron chi connectivity index (χ2n) is 2.99. The van der Waals surface area contributed by atoms with Gasteiger partial charge in [-0.25, -0.2) is 9.97 Å². The monoisotopic (exact) mass is 234 g/mol. The Morgan fingerprint density at radius 2 is 2.00 bits per heavy atom. The molecule has 1 aliphatic heterocycles. The molecule has 0 amide bonds. The van der Waals surface area contributed by atoms with Crippen LogP contribution in [-0.2, 0) is 15.3 Å². The molecule has 1 fully saturated rings. The van der Waals surface area contributed by atoms with Crippen molar-refractivity contribution in [3.8, 4) is 0 Å². The highest BCUT2D eigenvalue weighted by Gasteiger charge is 2.36. The molecule has 1 aromatic heterocycles. The number of hydrogen-bond donors (Lipinski definition) is 0. The Bertz CT molecular complexity index is 353. The van der Waals surface area contributed by atoms with Gasteiger partial charge < -0.3 is 9.47 Å². The quantitative estimate of drug-likeness (QED) is 0.551. The maximum atomic E-state index is 5.90. The Kier molecular flexibility index (Phi) is 2.62. The topological polar surface area (TPSA) is 44.2 Å². The van der Waals surface area contributed by atoms with Crippen molar-refractivity contribution in [3.05, 3.63) is 22.2 Å². The lowest BCUT2D eigenvalue weighted by Crippen LogP contribution is -2.23. The van der Waals surface area contributed by atoms with Crippen LogP contribution in [0.5, 0.6) is 0 Å². The molecule has 0 atom stereocenters. The van der Waals surface area contributed by atoms with Crippen LogP contribution in [-0.4, -0.2) is 23.2 Å². The van der Waals surface area contributed by atoms with Gasteiger partial charge in [-0.15, -0.1) is 0 Å². The largest absolute Gasteiger partial charge is 0.344 e. The lowest BCUT2D eigenvalue weighted by molar-refractivity contribution is -0.150. The first-order valence-electron chi connectivity index (χ1n) is 4.08. The molecule has 0 aromatic carbocycles. The number of ether oxygens (including phenoxy) is 2. The third kappa shape index (κ3) is 1.70. The predicted octanol–water partition coefficient (Wildman–Crippen LogP) is 2.00. The van der Waals surface area contributed by atoms with E-state index in [0.717, 1.165) is 0 Å². The molecule has 76 valence electrons. The van der Waals surface area contributed by atoms with E-state index in [1.54, 1.807) is 6.92 Å². The SMILES string of the molecule is CC1(c2cnc(Cl)nc2Cl)OCCO1. The highest BCUT2D eigenvalue weighted by molar-refractivity contribution is 6.32. The summed E-state index contributed by atoms with van der Waals surface area (Å²) in [5.74, 6) is -0.846. The van der Waals surface area contributed by atoms with Crippen LogP contribution in [0.4, 0.5) is 0 Å². The first kappa shape index (κ1) is 10.1. The molecule has 2 heterocycles. The van der Waals surface area contributed by atoms with Crippen molar-refractivity contribution < 1.29 is 9.47 Å². The molecule has 0 aliphatic carbocycles. The minimum absolute atomic E-state index is 0.111. The number of nitrogens with zero attached hydrogens (tertiary/aromatic N) is 2. The van der Waals surface area contributed by atoms with Gasteiger partial charge in [-0.05, 0) is 18.5 Å². The Morgan fingerprint density at radius 1 is 1.36 bits per heavy atom. The van der Waals surface area contributed by atoms with Crippen molar-refractivity contribution in [2.75, 3.05) is 13.2 Å². The van der Waals surface area contributed by atoms with Gasteiger partial charge in [0.25, 0.3) is 0 Å². The van der Waals surface area contributed by atoms with Gasteiger partial charge in [0.2, 0.25) is 5.28 Å². The normalized spacial score (nSPS) is 19.9. The molecule has 14 heavy (non-hydrogen) atoms. The van der Waals surface area contributed by atoms with E-state index in [1.807, 2.05) is 0 Å². The third-order valence-electron chi connectivity index (χ3n) is 2.04. The van der Waals surface area contributed by atoms with E-state index in [1.165, 1.54) is 6.20 Å². The van der Waals surface area contributed by atoms with Gasteiger partial charge in [-0.2, -0.15) is 0 Å².